The van der Waals surface area contributed by atoms with Crippen molar-refractivity contribution in [3.05, 3.63) is 35.5 Å². The molecule has 2 N–H and O–H groups in total. The van der Waals surface area contributed by atoms with Crippen LogP contribution in [-0.4, -0.2) is 46.9 Å². The molecule has 2 aromatic rings. The van der Waals surface area contributed by atoms with Crippen molar-refractivity contribution in [3.8, 4) is 11.5 Å². The van der Waals surface area contributed by atoms with E-state index in [4.69, 9.17) is 14.0 Å². The van der Waals surface area contributed by atoms with Gasteiger partial charge < -0.3 is 24.4 Å². The molecule has 1 aromatic heterocycles. The number of ether oxygens (including phenoxy) is 2. The summed E-state index contributed by atoms with van der Waals surface area (Å²) in [5, 5.41) is 16.8. The summed E-state index contributed by atoms with van der Waals surface area (Å²) in [6.07, 6.45) is 6.45. The first-order chi connectivity index (χ1) is 15.2. The molecule has 0 bridgehead atoms. The number of benzene rings is 1. The molecule has 0 radical (unpaired) electrons. The Morgan fingerprint density at radius 2 is 2.06 bits per heavy atom. The Morgan fingerprint density at radius 3 is 2.88 bits per heavy atom. The van der Waals surface area contributed by atoms with Crippen LogP contribution >= 0.6 is 12.4 Å². The first-order valence-corrected chi connectivity index (χ1v) is 10.9. The van der Waals surface area contributed by atoms with Gasteiger partial charge in [-0.05, 0) is 43.4 Å². The third kappa shape index (κ3) is 6.59. The lowest BCUT2D eigenvalue weighted by molar-refractivity contribution is -0.137. The maximum Gasteiger partial charge on any atom is 0.303 e. The zero-order valence-corrected chi connectivity index (χ0v) is 18.7. The number of carboxylic acids is 1. The second kappa shape index (κ2) is 11.7. The van der Waals surface area contributed by atoms with Gasteiger partial charge in [-0.15, -0.1) is 12.4 Å². The zero-order chi connectivity index (χ0) is 21.5. The molecule has 32 heavy (non-hydrogen) atoms. The molecule has 0 saturated heterocycles. The second-order valence-corrected chi connectivity index (χ2v) is 7.89. The van der Waals surface area contributed by atoms with Gasteiger partial charge in [-0.1, -0.05) is 11.2 Å². The van der Waals surface area contributed by atoms with E-state index in [1.807, 2.05) is 12.1 Å². The fraction of sp³-hybridized carbons (Fsp3) is 0.545. The van der Waals surface area contributed by atoms with E-state index in [0.29, 0.717) is 29.6 Å². The third-order valence-corrected chi connectivity index (χ3v) is 5.50. The van der Waals surface area contributed by atoms with Crippen LogP contribution in [0.2, 0.25) is 0 Å². The predicted molar refractivity (Wildman–Crippen MR) is 120 cm³/mol. The molecular weight excluding hydrogens is 436 g/mol. The molecule has 1 atom stereocenters. The Bertz CT molecular complexity index is 933. The van der Waals surface area contributed by atoms with E-state index in [2.05, 4.69) is 20.4 Å². The van der Waals surface area contributed by atoms with E-state index in [1.165, 1.54) is 12.8 Å². The summed E-state index contributed by atoms with van der Waals surface area (Å²) in [4.78, 5) is 20.4. The Morgan fingerprint density at radius 1 is 1.19 bits per heavy atom. The summed E-state index contributed by atoms with van der Waals surface area (Å²) in [5.41, 5.74) is 0.850. The molecule has 1 unspecified atom stereocenters. The molecule has 2 aliphatic heterocycles. The Labute approximate surface area is 193 Å². The quantitative estimate of drug-likeness (QED) is 0.512. The fourth-order valence-corrected chi connectivity index (χ4v) is 3.85. The average molecular weight is 465 g/mol. The minimum absolute atomic E-state index is 0. The first kappa shape index (κ1) is 23.8. The highest BCUT2D eigenvalue weighted by atomic mass is 35.5. The topological polar surface area (TPSA) is 119 Å². The minimum Gasteiger partial charge on any atom is -0.481 e. The van der Waals surface area contributed by atoms with E-state index >= 15 is 0 Å². The molecule has 0 fully saturated rings. The Kier molecular flexibility index (Phi) is 8.72. The molecule has 0 aliphatic carbocycles. The summed E-state index contributed by atoms with van der Waals surface area (Å²) in [7, 11) is 0. The van der Waals surface area contributed by atoms with Crippen molar-refractivity contribution in [3.63, 3.8) is 0 Å². The largest absolute Gasteiger partial charge is 0.481 e. The highest BCUT2D eigenvalue weighted by molar-refractivity contribution is 5.85. The number of aliphatic imine (C=N–C) groups is 1. The van der Waals surface area contributed by atoms with Gasteiger partial charge in [-0.2, -0.15) is 4.98 Å². The number of aromatic nitrogens is 2. The van der Waals surface area contributed by atoms with Crippen LogP contribution in [0.4, 0.5) is 0 Å². The molecule has 0 amide bonds. The van der Waals surface area contributed by atoms with Crippen LogP contribution in [0, 0.1) is 0 Å². The molecular formula is C22H29ClN4O5. The number of hydrogen-bond acceptors (Lipinski definition) is 8. The summed E-state index contributed by atoms with van der Waals surface area (Å²) < 4.78 is 16.2. The molecule has 3 heterocycles. The number of unbranched alkanes of at least 4 members (excludes halogenated alkanes) is 1. The summed E-state index contributed by atoms with van der Waals surface area (Å²) in [6.45, 7) is 2.01. The number of nitrogens with one attached hydrogen (secondary N) is 1. The lowest BCUT2D eigenvalue weighted by atomic mass is 9.92. The normalized spacial score (nSPS) is 15.6. The molecule has 9 nitrogen and oxygen atoms in total. The number of aliphatic carboxylic acids is 1. The van der Waals surface area contributed by atoms with Crippen molar-refractivity contribution in [2.45, 2.75) is 57.3 Å². The maximum atomic E-state index is 11.4. The summed E-state index contributed by atoms with van der Waals surface area (Å²) in [6, 6.07) is 5.50. The molecule has 0 spiro atoms. The van der Waals surface area contributed by atoms with Gasteiger partial charge in [-0.3, -0.25) is 9.79 Å². The highest BCUT2D eigenvalue weighted by Crippen LogP contribution is 2.36. The average Bonchev–Trinajstić information content (AvgIpc) is 3.42. The number of rotatable bonds is 10. The van der Waals surface area contributed by atoms with E-state index in [9.17, 15) is 9.90 Å². The van der Waals surface area contributed by atoms with Crippen molar-refractivity contribution in [2.75, 3.05) is 19.9 Å². The van der Waals surface area contributed by atoms with Crippen molar-refractivity contribution in [1.29, 1.82) is 0 Å². The van der Waals surface area contributed by atoms with Gasteiger partial charge in [0.05, 0.1) is 12.3 Å². The van der Waals surface area contributed by atoms with Crippen LogP contribution in [0.25, 0.3) is 0 Å². The van der Waals surface area contributed by atoms with Crippen LogP contribution in [0.5, 0.6) is 11.5 Å². The molecule has 0 saturated carbocycles. The van der Waals surface area contributed by atoms with Gasteiger partial charge in [0.25, 0.3) is 0 Å². The number of nitrogens with zero attached hydrogens (tertiary/aromatic N) is 3. The van der Waals surface area contributed by atoms with Gasteiger partial charge in [0.15, 0.2) is 17.3 Å². The number of carbonyl (C=O) groups is 1. The van der Waals surface area contributed by atoms with Gasteiger partial charge in [0.1, 0.15) is 0 Å². The van der Waals surface area contributed by atoms with Crippen molar-refractivity contribution < 1.29 is 23.9 Å². The van der Waals surface area contributed by atoms with E-state index in [0.717, 1.165) is 50.2 Å². The lowest BCUT2D eigenvalue weighted by Gasteiger charge is -2.13. The Balaban J connectivity index is 0.00000289. The van der Waals surface area contributed by atoms with Crippen LogP contribution in [0.3, 0.4) is 0 Å². The number of aryl methyl sites for hydroxylation is 1. The van der Waals surface area contributed by atoms with E-state index in [-0.39, 0.29) is 31.5 Å². The zero-order valence-electron chi connectivity index (χ0n) is 17.9. The SMILES string of the molecule is Cl.O=C(O)CC(Cc1nc(CCCCNC2=NCCCC2)no1)c1ccc2c(c1)OCO2. The monoisotopic (exact) mass is 464 g/mol. The summed E-state index contributed by atoms with van der Waals surface area (Å²) in [5.74, 6) is 2.37. The minimum atomic E-state index is -0.877. The van der Waals surface area contributed by atoms with Crippen LogP contribution in [0.15, 0.2) is 27.7 Å². The maximum absolute atomic E-state index is 11.4. The van der Waals surface area contributed by atoms with Gasteiger partial charge in [0.2, 0.25) is 12.7 Å². The summed E-state index contributed by atoms with van der Waals surface area (Å²) >= 11 is 0. The van der Waals surface area contributed by atoms with E-state index in [1.54, 1.807) is 6.07 Å². The molecule has 1 aromatic carbocycles. The van der Waals surface area contributed by atoms with E-state index < -0.39 is 5.97 Å². The smallest absolute Gasteiger partial charge is 0.303 e. The van der Waals surface area contributed by atoms with Gasteiger partial charge in [0, 0.05) is 38.3 Å². The van der Waals surface area contributed by atoms with Gasteiger partial charge in [-0.25, -0.2) is 0 Å². The van der Waals surface area contributed by atoms with Crippen molar-refractivity contribution in [2.24, 2.45) is 4.99 Å². The molecule has 4 rings (SSSR count). The van der Waals surface area contributed by atoms with Crippen molar-refractivity contribution >= 4 is 24.2 Å². The Hall–Kier alpha value is -2.81. The standard InChI is InChI=1S/C22H28N4O5.ClH/c27-22(28)13-16(15-7-8-17-18(11-15)30-14-29-17)12-21-25-20(26-31-21)6-2-4-10-24-19-5-1-3-9-23-19;/h7-8,11,16H,1-6,9-10,12-14H2,(H,23,24)(H,27,28);1H. The number of carboxylic acid groups (broad SMARTS) is 1. The lowest BCUT2D eigenvalue weighted by Crippen LogP contribution is -2.26. The number of fused-ring (bicyclic) bond motifs is 1. The first-order valence-electron chi connectivity index (χ1n) is 10.9. The predicted octanol–water partition coefficient (Wildman–Crippen LogP) is 3.52. The molecule has 10 heteroatoms. The second-order valence-electron chi connectivity index (χ2n) is 7.89. The van der Waals surface area contributed by atoms with Crippen LogP contribution < -0.4 is 14.8 Å². The molecule has 2 aliphatic rings. The van der Waals surface area contributed by atoms with Crippen LogP contribution in [0.1, 0.15) is 61.7 Å². The highest BCUT2D eigenvalue weighted by Gasteiger charge is 2.23. The van der Waals surface area contributed by atoms with Gasteiger partial charge >= 0.3 is 5.97 Å². The van der Waals surface area contributed by atoms with Crippen LogP contribution in [-0.2, 0) is 17.6 Å². The molecule has 174 valence electrons. The number of halogens is 1. The number of amidine groups is 1. The third-order valence-electron chi connectivity index (χ3n) is 5.50. The number of hydrogen-bond donors (Lipinski definition) is 2. The van der Waals surface area contributed by atoms with Crippen molar-refractivity contribution in [1.82, 2.24) is 15.5 Å². The fourth-order valence-electron chi connectivity index (χ4n) is 3.85.